The number of rotatable bonds is 12. The first-order chi connectivity index (χ1) is 17.9. The highest BCUT2D eigenvalue weighted by molar-refractivity contribution is 7.99. The van der Waals surface area contributed by atoms with Crippen molar-refractivity contribution in [3.8, 4) is 0 Å². The number of esters is 1. The lowest BCUT2D eigenvalue weighted by Crippen LogP contribution is -2.22. The molecule has 0 aliphatic rings. The minimum atomic E-state index is -0.428. The van der Waals surface area contributed by atoms with E-state index >= 15 is 0 Å². The number of aromatic nitrogens is 3. The van der Waals surface area contributed by atoms with Gasteiger partial charge in [0.2, 0.25) is 11.8 Å². The normalized spacial score (nSPS) is 10.9. The van der Waals surface area contributed by atoms with Crippen molar-refractivity contribution in [3.05, 3.63) is 76.6 Å². The summed E-state index contributed by atoms with van der Waals surface area (Å²) in [5, 5.41) is 15.0. The molecule has 0 saturated heterocycles. The molecular weight excluding hydrogens is 514 g/mol. The summed E-state index contributed by atoms with van der Waals surface area (Å²) < 4.78 is 6.97. The largest absolute Gasteiger partial charge is 0.462 e. The van der Waals surface area contributed by atoms with E-state index < -0.39 is 5.97 Å². The Bertz CT molecular complexity index is 1280. The number of halogens is 1. The van der Waals surface area contributed by atoms with E-state index in [1.807, 2.05) is 36.6 Å². The van der Waals surface area contributed by atoms with Gasteiger partial charge >= 0.3 is 5.97 Å². The topological polar surface area (TPSA) is 115 Å². The minimum Gasteiger partial charge on any atom is -0.462 e. The summed E-state index contributed by atoms with van der Waals surface area (Å²) in [6.45, 7) is 4.94. The Kier molecular flexibility index (Phi) is 10.7. The molecule has 0 aliphatic heterocycles. The van der Waals surface area contributed by atoms with Crippen LogP contribution in [0.25, 0.3) is 6.08 Å². The van der Waals surface area contributed by atoms with E-state index in [2.05, 4.69) is 20.8 Å². The summed E-state index contributed by atoms with van der Waals surface area (Å²) in [5.74, 6) is -0.310. The zero-order valence-electron chi connectivity index (χ0n) is 20.6. The minimum absolute atomic E-state index is 0.0928. The maximum Gasteiger partial charge on any atom is 0.338 e. The van der Waals surface area contributed by atoms with Gasteiger partial charge in [-0.1, -0.05) is 54.6 Å². The third-order valence-electron chi connectivity index (χ3n) is 5.00. The number of benzene rings is 2. The summed E-state index contributed by atoms with van der Waals surface area (Å²) in [4.78, 5) is 36.8. The number of nitrogens with zero attached hydrogens (tertiary/aromatic N) is 3. The molecule has 37 heavy (non-hydrogen) atoms. The van der Waals surface area contributed by atoms with Gasteiger partial charge in [0, 0.05) is 23.3 Å². The van der Waals surface area contributed by atoms with Gasteiger partial charge in [-0.3, -0.25) is 9.59 Å². The third-order valence-corrected chi connectivity index (χ3v) is 6.31. The number of anilines is 1. The molecule has 0 saturated carbocycles. The Morgan fingerprint density at radius 2 is 1.92 bits per heavy atom. The van der Waals surface area contributed by atoms with E-state index in [4.69, 9.17) is 16.3 Å². The molecule has 0 spiro atoms. The first kappa shape index (κ1) is 27.9. The lowest BCUT2D eigenvalue weighted by Gasteiger charge is -2.09. The van der Waals surface area contributed by atoms with E-state index in [9.17, 15) is 14.4 Å². The average Bonchev–Trinajstić information content (AvgIpc) is 3.30. The number of ether oxygens (including phenoxy) is 1. The van der Waals surface area contributed by atoms with Gasteiger partial charge in [-0.25, -0.2) is 4.79 Å². The predicted molar refractivity (Wildman–Crippen MR) is 144 cm³/mol. The van der Waals surface area contributed by atoms with Crippen LogP contribution in [0.15, 0.2) is 59.8 Å². The second-order valence-electron chi connectivity index (χ2n) is 7.77. The van der Waals surface area contributed by atoms with Gasteiger partial charge in [0.15, 0.2) is 11.0 Å². The molecule has 2 aromatic carbocycles. The number of hydrogen-bond donors (Lipinski definition) is 2. The molecule has 0 radical (unpaired) electrons. The zero-order chi connectivity index (χ0) is 26.6. The maximum atomic E-state index is 12.5. The third kappa shape index (κ3) is 8.47. The highest BCUT2D eigenvalue weighted by Gasteiger charge is 2.14. The van der Waals surface area contributed by atoms with Gasteiger partial charge in [0.1, 0.15) is 0 Å². The van der Waals surface area contributed by atoms with Crippen LogP contribution in [0.2, 0.25) is 5.02 Å². The number of thioether (sulfide) groups is 1. The summed E-state index contributed by atoms with van der Waals surface area (Å²) in [5.41, 5.74) is 1.62. The zero-order valence-corrected chi connectivity index (χ0v) is 22.1. The molecular formula is C26H28ClN5O4S. The number of hydrogen-bond acceptors (Lipinski definition) is 7. The van der Waals surface area contributed by atoms with Crippen LogP contribution in [0, 0.1) is 0 Å². The fourth-order valence-corrected chi connectivity index (χ4v) is 4.22. The Labute approximate surface area is 224 Å². The molecule has 11 heteroatoms. The number of nitrogens with one attached hydrogen (secondary N) is 2. The van der Waals surface area contributed by atoms with Crippen LogP contribution in [0.4, 0.5) is 5.69 Å². The first-order valence-corrected chi connectivity index (χ1v) is 13.1. The van der Waals surface area contributed by atoms with Gasteiger partial charge in [0.05, 0.1) is 24.5 Å². The van der Waals surface area contributed by atoms with E-state index in [-0.39, 0.29) is 24.1 Å². The number of carbonyl (C=O) groups excluding carboxylic acids is 3. The second-order valence-corrected chi connectivity index (χ2v) is 9.12. The van der Waals surface area contributed by atoms with E-state index in [1.54, 1.807) is 36.4 Å². The quantitative estimate of drug-likeness (QED) is 0.196. The van der Waals surface area contributed by atoms with E-state index in [1.165, 1.54) is 17.8 Å². The Morgan fingerprint density at radius 3 is 2.68 bits per heavy atom. The molecule has 1 heterocycles. The van der Waals surface area contributed by atoms with Crippen molar-refractivity contribution in [3.63, 3.8) is 0 Å². The average molecular weight is 542 g/mol. The van der Waals surface area contributed by atoms with Gasteiger partial charge in [-0.15, -0.1) is 10.2 Å². The van der Waals surface area contributed by atoms with Gasteiger partial charge in [-0.2, -0.15) is 0 Å². The van der Waals surface area contributed by atoms with Crippen LogP contribution in [0.5, 0.6) is 0 Å². The molecule has 1 aromatic heterocycles. The van der Waals surface area contributed by atoms with Crippen molar-refractivity contribution in [2.45, 2.75) is 38.5 Å². The monoisotopic (exact) mass is 541 g/mol. The molecule has 2 N–H and O–H groups in total. The molecule has 0 fully saturated rings. The lowest BCUT2D eigenvalue weighted by atomic mass is 10.2. The fourth-order valence-electron chi connectivity index (χ4n) is 3.20. The van der Waals surface area contributed by atoms with Crippen LogP contribution in [0.3, 0.4) is 0 Å². The number of amides is 2. The summed E-state index contributed by atoms with van der Waals surface area (Å²) in [6.07, 6.45) is 3.79. The molecule has 3 rings (SSSR count). The lowest BCUT2D eigenvalue weighted by molar-refractivity contribution is -0.116. The highest BCUT2D eigenvalue weighted by Crippen LogP contribution is 2.19. The second kappa shape index (κ2) is 14.2. The Hall–Kier alpha value is -3.63. The van der Waals surface area contributed by atoms with Gasteiger partial charge in [0.25, 0.3) is 0 Å². The Morgan fingerprint density at radius 1 is 1.11 bits per heavy atom. The van der Waals surface area contributed by atoms with Crippen LogP contribution in [-0.4, -0.2) is 44.9 Å². The molecule has 194 valence electrons. The molecule has 0 atom stereocenters. The molecule has 0 aliphatic carbocycles. The molecule has 2 amide bonds. The first-order valence-electron chi connectivity index (χ1n) is 11.7. The van der Waals surface area contributed by atoms with Crippen molar-refractivity contribution >= 4 is 52.9 Å². The van der Waals surface area contributed by atoms with Crippen LogP contribution < -0.4 is 10.6 Å². The van der Waals surface area contributed by atoms with E-state index in [0.29, 0.717) is 40.4 Å². The van der Waals surface area contributed by atoms with Crippen LogP contribution in [-0.2, 0) is 27.4 Å². The van der Waals surface area contributed by atoms with E-state index in [0.717, 1.165) is 12.0 Å². The Balaban J connectivity index is 1.52. The van der Waals surface area contributed by atoms with Crippen LogP contribution in [0.1, 0.15) is 42.0 Å². The SMILES string of the molecule is CCCOC(=O)c1cccc(NC(=O)CSc2nnc(CNC(=O)/C=C/c3ccccc3Cl)n2CC)c1. The van der Waals surface area contributed by atoms with Crippen molar-refractivity contribution in [2.75, 3.05) is 17.7 Å². The molecule has 3 aromatic rings. The maximum absolute atomic E-state index is 12.5. The molecule has 0 bridgehead atoms. The van der Waals surface area contributed by atoms with Crippen molar-refractivity contribution in [1.29, 1.82) is 0 Å². The molecule has 9 nitrogen and oxygen atoms in total. The fraction of sp³-hybridized carbons (Fsp3) is 0.269. The van der Waals surface area contributed by atoms with Gasteiger partial charge in [-0.05, 0) is 49.2 Å². The van der Waals surface area contributed by atoms with Crippen molar-refractivity contribution in [2.24, 2.45) is 0 Å². The van der Waals surface area contributed by atoms with Crippen molar-refractivity contribution < 1.29 is 19.1 Å². The van der Waals surface area contributed by atoms with Crippen LogP contribution >= 0.6 is 23.4 Å². The van der Waals surface area contributed by atoms with Gasteiger partial charge < -0.3 is 19.9 Å². The smallest absolute Gasteiger partial charge is 0.338 e. The predicted octanol–water partition coefficient (Wildman–Crippen LogP) is 4.58. The standard InChI is InChI=1S/C26H28ClN5O4S/c1-3-14-36-25(35)19-9-7-10-20(15-19)29-24(34)17-37-26-31-30-22(32(26)4-2)16-28-23(33)13-12-18-8-5-6-11-21(18)27/h5-13,15H,3-4,14,16-17H2,1-2H3,(H,28,33)(H,29,34)/b13-12+. The highest BCUT2D eigenvalue weighted by atomic mass is 35.5. The molecule has 0 unspecified atom stereocenters. The summed E-state index contributed by atoms with van der Waals surface area (Å²) in [6, 6.07) is 13.8. The van der Waals surface area contributed by atoms with Crippen molar-refractivity contribution in [1.82, 2.24) is 20.1 Å². The summed E-state index contributed by atoms with van der Waals surface area (Å²) >= 11 is 7.33. The number of carbonyl (C=O) groups is 3. The summed E-state index contributed by atoms with van der Waals surface area (Å²) in [7, 11) is 0.